The summed E-state index contributed by atoms with van der Waals surface area (Å²) in [5.74, 6) is 0.571. The number of amides is 1. The van der Waals surface area contributed by atoms with E-state index in [2.05, 4.69) is 10.3 Å². The molecule has 1 aliphatic rings. The molecule has 1 amide bonds. The number of carbonyl (C=O) groups is 1. The fourth-order valence-corrected chi connectivity index (χ4v) is 2.34. The van der Waals surface area contributed by atoms with Crippen molar-refractivity contribution < 1.29 is 18.3 Å². The Bertz CT molecular complexity index is 696. The van der Waals surface area contributed by atoms with Crippen molar-refractivity contribution in [2.45, 2.75) is 26.3 Å². The second-order valence-electron chi connectivity index (χ2n) is 4.89. The molecule has 1 aliphatic heterocycles. The van der Waals surface area contributed by atoms with E-state index in [-0.39, 0.29) is 24.1 Å². The van der Waals surface area contributed by atoms with Crippen LogP contribution in [-0.4, -0.2) is 17.5 Å². The minimum absolute atomic E-state index is 0.191. The lowest BCUT2D eigenvalue weighted by atomic mass is 10.1. The maximum Gasteiger partial charge on any atom is 0.289 e. The van der Waals surface area contributed by atoms with Crippen LogP contribution in [0, 0.1) is 12.7 Å². The van der Waals surface area contributed by atoms with Crippen LogP contribution in [0.1, 0.15) is 40.7 Å². The summed E-state index contributed by atoms with van der Waals surface area (Å²) in [6.45, 7) is 3.89. The first-order valence-electron chi connectivity index (χ1n) is 6.78. The van der Waals surface area contributed by atoms with Gasteiger partial charge >= 0.3 is 0 Å². The number of benzene rings is 1. The van der Waals surface area contributed by atoms with Gasteiger partial charge in [0.15, 0.2) is 5.89 Å². The number of carbonyl (C=O) groups excluding carboxylic acids is 1. The SMILES string of the molecule is CCc1nc(C)c(C(=O)NC2COc3ccc(F)cc32)o1. The van der Waals surface area contributed by atoms with Gasteiger partial charge in [0, 0.05) is 12.0 Å². The number of oxazole rings is 1. The van der Waals surface area contributed by atoms with Crippen LogP contribution in [0.5, 0.6) is 5.75 Å². The molecule has 6 heteroatoms. The average molecular weight is 290 g/mol. The van der Waals surface area contributed by atoms with Crippen LogP contribution in [0.2, 0.25) is 0 Å². The third-order valence-electron chi connectivity index (χ3n) is 3.41. The minimum atomic E-state index is -0.391. The number of aromatic nitrogens is 1. The van der Waals surface area contributed by atoms with Gasteiger partial charge < -0.3 is 14.5 Å². The van der Waals surface area contributed by atoms with Crippen molar-refractivity contribution in [3.63, 3.8) is 0 Å². The molecular formula is C15H15FN2O3. The van der Waals surface area contributed by atoms with Gasteiger partial charge in [0.1, 0.15) is 18.2 Å². The topological polar surface area (TPSA) is 64.4 Å². The predicted molar refractivity (Wildman–Crippen MR) is 72.7 cm³/mol. The Labute approximate surface area is 121 Å². The summed E-state index contributed by atoms with van der Waals surface area (Å²) >= 11 is 0. The van der Waals surface area contributed by atoms with Gasteiger partial charge in [-0.15, -0.1) is 0 Å². The number of hydrogen-bond donors (Lipinski definition) is 1. The number of rotatable bonds is 3. The van der Waals surface area contributed by atoms with E-state index in [1.54, 1.807) is 13.0 Å². The van der Waals surface area contributed by atoms with Gasteiger partial charge in [-0.2, -0.15) is 0 Å². The van der Waals surface area contributed by atoms with Gasteiger partial charge in [-0.1, -0.05) is 6.92 Å². The number of aryl methyl sites for hydroxylation is 2. The molecule has 1 N–H and O–H groups in total. The lowest BCUT2D eigenvalue weighted by molar-refractivity contribution is 0.0899. The van der Waals surface area contributed by atoms with Crippen LogP contribution in [-0.2, 0) is 6.42 Å². The molecule has 2 heterocycles. The van der Waals surface area contributed by atoms with E-state index in [0.717, 1.165) is 0 Å². The Morgan fingerprint density at radius 1 is 1.52 bits per heavy atom. The Kier molecular flexibility index (Phi) is 3.37. The molecule has 0 spiro atoms. The largest absolute Gasteiger partial charge is 0.491 e. The summed E-state index contributed by atoms with van der Waals surface area (Å²) in [5, 5.41) is 2.79. The van der Waals surface area contributed by atoms with E-state index in [0.29, 0.717) is 29.3 Å². The maximum absolute atomic E-state index is 13.3. The monoisotopic (exact) mass is 290 g/mol. The number of nitrogens with zero attached hydrogens (tertiary/aromatic N) is 1. The summed E-state index contributed by atoms with van der Waals surface area (Å²) in [5.41, 5.74) is 1.18. The first kappa shape index (κ1) is 13.6. The minimum Gasteiger partial charge on any atom is -0.491 e. The second-order valence-corrected chi connectivity index (χ2v) is 4.89. The Morgan fingerprint density at radius 3 is 3.05 bits per heavy atom. The fourth-order valence-electron chi connectivity index (χ4n) is 2.34. The highest BCUT2D eigenvalue weighted by Crippen LogP contribution is 2.32. The summed E-state index contributed by atoms with van der Waals surface area (Å²) in [7, 11) is 0. The summed E-state index contributed by atoms with van der Waals surface area (Å²) in [6, 6.07) is 3.87. The molecule has 0 fully saturated rings. The summed E-state index contributed by atoms with van der Waals surface area (Å²) in [4.78, 5) is 16.4. The number of ether oxygens (including phenoxy) is 1. The van der Waals surface area contributed by atoms with Crippen LogP contribution in [0.3, 0.4) is 0 Å². The molecule has 0 radical (unpaired) electrons. The number of hydrogen-bond acceptors (Lipinski definition) is 4. The van der Waals surface area contributed by atoms with Crippen LogP contribution in [0.25, 0.3) is 0 Å². The van der Waals surface area contributed by atoms with E-state index in [1.165, 1.54) is 12.1 Å². The highest BCUT2D eigenvalue weighted by atomic mass is 19.1. The average Bonchev–Trinajstić information content (AvgIpc) is 3.03. The smallest absolute Gasteiger partial charge is 0.289 e. The number of halogens is 1. The van der Waals surface area contributed by atoms with Crippen molar-refractivity contribution in [3.05, 3.63) is 46.9 Å². The predicted octanol–water partition coefficient (Wildman–Crippen LogP) is 2.55. The van der Waals surface area contributed by atoms with Crippen molar-refractivity contribution in [2.75, 3.05) is 6.61 Å². The lowest BCUT2D eigenvalue weighted by Gasteiger charge is -2.10. The first-order chi connectivity index (χ1) is 10.1. The normalized spacial score (nSPS) is 16.4. The maximum atomic E-state index is 13.3. The van der Waals surface area contributed by atoms with Gasteiger partial charge in [-0.05, 0) is 25.1 Å². The highest BCUT2D eigenvalue weighted by molar-refractivity contribution is 5.92. The molecule has 110 valence electrons. The quantitative estimate of drug-likeness (QED) is 0.943. The Balaban J connectivity index is 1.80. The first-order valence-corrected chi connectivity index (χ1v) is 6.78. The molecule has 1 unspecified atom stereocenters. The zero-order valence-electron chi connectivity index (χ0n) is 11.8. The third kappa shape index (κ3) is 2.49. The zero-order valence-corrected chi connectivity index (χ0v) is 11.8. The fraction of sp³-hybridized carbons (Fsp3) is 0.333. The van der Waals surface area contributed by atoms with E-state index in [9.17, 15) is 9.18 Å². The Morgan fingerprint density at radius 2 is 2.33 bits per heavy atom. The summed E-state index contributed by atoms with van der Waals surface area (Å²) in [6.07, 6.45) is 0.620. The van der Waals surface area contributed by atoms with E-state index in [1.807, 2.05) is 6.92 Å². The van der Waals surface area contributed by atoms with Gasteiger partial charge in [0.05, 0.1) is 11.7 Å². The standard InChI is InChI=1S/C15H15FN2O3/c1-3-13-17-8(2)14(21-13)15(19)18-11-7-20-12-5-4-9(16)6-10(11)12/h4-6,11H,3,7H2,1-2H3,(H,18,19). The molecule has 0 bridgehead atoms. The van der Waals surface area contributed by atoms with Gasteiger partial charge in [-0.25, -0.2) is 9.37 Å². The molecule has 3 rings (SSSR count). The van der Waals surface area contributed by atoms with Crippen molar-refractivity contribution in [3.8, 4) is 5.75 Å². The molecule has 2 aromatic rings. The second kappa shape index (κ2) is 5.20. The van der Waals surface area contributed by atoms with Crippen molar-refractivity contribution in [2.24, 2.45) is 0 Å². The molecule has 1 atom stereocenters. The van der Waals surface area contributed by atoms with Crippen molar-refractivity contribution in [1.82, 2.24) is 10.3 Å². The van der Waals surface area contributed by atoms with Crippen LogP contribution < -0.4 is 10.1 Å². The van der Waals surface area contributed by atoms with Crippen LogP contribution in [0.4, 0.5) is 4.39 Å². The number of nitrogens with one attached hydrogen (secondary N) is 1. The van der Waals surface area contributed by atoms with Crippen LogP contribution in [0.15, 0.2) is 22.6 Å². The molecule has 0 saturated carbocycles. The molecule has 0 aliphatic carbocycles. The molecule has 5 nitrogen and oxygen atoms in total. The summed E-state index contributed by atoms with van der Waals surface area (Å²) < 4.78 is 24.2. The molecular weight excluding hydrogens is 275 g/mol. The molecule has 1 aromatic carbocycles. The van der Waals surface area contributed by atoms with Gasteiger partial charge in [0.25, 0.3) is 5.91 Å². The Hall–Kier alpha value is -2.37. The van der Waals surface area contributed by atoms with Crippen LogP contribution >= 0.6 is 0 Å². The van der Waals surface area contributed by atoms with E-state index >= 15 is 0 Å². The van der Waals surface area contributed by atoms with Crippen molar-refractivity contribution >= 4 is 5.91 Å². The van der Waals surface area contributed by atoms with Gasteiger partial charge in [0.2, 0.25) is 5.76 Å². The molecule has 21 heavy (non-hydrogen) atoms. The van der Waals surface area contributed by atoms with Gasteiger partial charge in [-0.3, -0.25) is 4.79 Å². The third-order valence-corrected chi connectivity index (χ3v) is 3.41. The molecule has 1 aromatic heterocycles. The highest BCUT2D eigenvalue weighted by Gasteiger charge is 2.28. The van der Waals surface area contributed by atoms with E-state index < -0.39 is 6.04 Å². The number of fused-ring (bicyclic) bond motifs is 1. The van der Waals surface area contributed by atoms with E-state index in [4.69, 9.17) is 9.15 Å². The molecule has 0 saturated heterocycles. The lowest BCUT2D eigenvalue weighted by Crippen LogP contribution is -2.29. The van der Waals surface area contributed by atoms with Crippen molar-refractivity contribution in [1.29, 1.82) is 0 Å². The zero-order chi connectivity index (χ0) is 15.0.